The molecule has 0 aliphatic heterocycles. The predicted molar refractivity (Wildman–Crippen MR) is 102 cm³/mol. The summed E-state index contributed by atoms with van der Waals surface area (Å²) >= 11 is 0. The Morgan fingerprint density at radius 2 is 1.81 bits per heavy atom. The summed E-state index contributed by atoms with van der Waals surface area (Å²) in [6, 6.07) is 19.4. The number of benzene rings is 2. The van der Waals surface area contributed by atoms with Gasteiger partial charge in [0, 0.05) is 30.1 Å². The molecule has 2 aromatic heterocycles. The van der Waals surface area contributed by atoms with Gasteiger partial charge in [0.2, 0.25) is 5.91 Å². The number of anilines is 3. The number of aromatic nitrogens is 3. The number of rotatable bonds is 4. The van der Waals surface area contributed by atoms with Gasteiger partial charge in [0.25, 0.3) is 0 Å². The van der Waals surface area contributed by atoms with E-state index in [-0.39, 0.29) is 5.91 Å². The minimum Gasteiger partial charge on any atom is -0.340 e. The van der Waals surface area contributed by atoms with Crippen molar-refractivity contribution in [2.24, 2.45) is 0 Å². The summed E-state index contributed by atoms with van der Waals surface area (Å²) in [5.41, 5.74) is 4.29. The minimum atomic E-state index is -0.102. The zero-order chi connectivity index (χ0) is 17.9. The SMILES string of the molecule is CC(=O)Nc1cccc(-c2cnn3ccc(Nc4ccccc4)nc23)c1. The lowest BCUT2D eigenvalue weighted by atomic mass is 10.1. The number of amides is 1. The largest absolute Gasteiger partial charge is 0.340 e. The summed E-state index contributed by atoms with van der Waals surface area (Å²) in [7, 11) is 0. The molecular formula is C20H17N5O. The molecule has 6 heteroatoms. The average molecular weight is 343 g/mol. The lowest BCUT2D eigenvalue weighted by Crippen LogP contribution is -2.05. The second-order valence-corrected chi connectivity index (χ2v) is 5.89. The number of carbonyl (C=O) groups excluding carboxylic acids is 1. The highest BCUT2D eigenvalue weighted by Crippen LogP contribution is 2.27. The van der Waals surface area contributed by atoms with E-state index in [4.69, 9.17) is 4.98 Å². The smallest absolute Gasteiger partial charge is 0.221 e. The van der Waals surface area contributed by atoms with Crippen LogP contribution >= 0.6 is 0 Å². The molecule has 0 saturated carbocycles. The highest BCUT2D eigenvalue weighted by atomic mass is 16.1. The normalized spacial score (nSPS) is 10.7. The summed E-state index contributed by atoms with van der Waals surface area (Å²) in [5.74, 6) is 0.637. The summed E-state index contributed by atoms with van der Waals surface area (Å²) in [4.78, 5) is 16.0. The van der Waals surface area contributed by atoms with E-state index in [1.54, 1.807) is 10.7 Å². The zero-order valence-electron chi connectivity index (χ0n) is 14.2. The molecule has 0 saturated heterocycles. The van der Waals surface area contributed by atoms with Crippen LogP contribution in [0.5, 0.6) is 0 Å². The van der Waals surface area contributed by atoms with Gasteiger partial charge < -0.3 is 10.6 Å². The first kappa shape index (κ1) is 15.8. The van der Waals surface area contributed by atoms with E-state index in [0.29, 0.717) is 0 Å². The van der Waals surface area contributed by atoms with Crippen molar-refractivity contribution >= 4 is 28.7 Å². The molecule has 0 fully saturated rings. The maximum absolute atomic E-state index is 11.3. The molecule has 2 N–H and O–H groups in total. The van der Waals surface area contributed by atoms with Gasteiger partial charge in [-0.2, -0.15) is 5.10 Å². The van der Waals surface area contributed by atoms with Crippen LogP contribution in [0.3, 0.4) is 0 Å². The first-order valence-corrected chi connectivity index (χ1v) is 8.23. The number of nitrogens with zero attached hydrogens (tertiary/aromatic N) is 3. The van der Waals surface area contributed by atoms with E-state index in [9.17, 15) is 4.79 Å². The van der Waals surface area contributed by atoms with E-state index >= 15 is 0 Å². The van der Waals surface area contributed by atoms with Crippen molar-refractivity contribution in [3.63, 3.8) is 0 Å². The van der Waals surface area contributed by atoms with Gasteiger partial charge in [-0.15, -0.1) is 0 Å². The molecule has 4 rings (SSSR count). The second-order valence-electron chi connectivity index (χ2n) is 5.89. The Balaban J connectivity index is 1.72. The molecule has 128 valence electrons. The molecule has 26 heavy (non-hydrogen) atoms. The molecule has 0 radical (unpaired) electrons. The van der Waals surface area contributed by atoms with E-state index in [1.165, 1.54) is 6.92 Å². The lowest BCUT2D eigenvalue weighted by molar-refractivity contribution is -0.114. The van der Waals surface area contributed by atoms with Gasteiger partial charge in [-0.25, -0.2) is 9.50 Å². The topological polar surface area (TPSA) is 71.3 Å². The monoisotopic (exact) mass is 343 g/mol. The Morgan fingerprint density at radius 1 is 1.00 bits per heavy atom. The Kier molecular flexibility index (Phi) is 4.07. The standard InChI is InChI=1S/C20H17N5O/c1-14(26)22-17-9-5-6-15(12-17)18-13-21-25-11-10-19(24-20(18)25)23-16-7-3-2-4-8-16/h2-13H,1H3,(H,22,26)(H,23,24). The van der Waals surface area contributed by atoms with Crippen LogP contribution in [-0.4, -0.2) is 20.5 Å². The Morgan fingerprint density at radius 3 is 2.62 bits per heavy atom. The minimum absolute atomic E-state index is 0.102. The second kappa shape index (κ2) is 6.68. The molecule has 0 aliphatic carbocycles. The number of para-hydroxylation sites is 1. The van der Waals surface area contributed by atoms with Gasteiger partial charge in [0.15, 0.2) is 5.65 Å². The Bertz CT molecular complexity index is 1070. The maximum Gasteiger partial charge on any atom is 0.221 e. The number of nitrogens with one attached hydrogen (secondary N) is 2. The molecule has 0 unspecified atom stereocenters. The number of carbonyl (C=O) groups is 1. The molecule has 2 aromatic carbocycles. The van der Waals surface area contributed by atoms with Crippen molar-refractivity contribution in [1.29, 1.82) is 0 Å². The van der Waals surface area contributed by atoms with Crippen LogP contribution in [0.15, 0.2) is 73.1 Å². The number of fused-ring (bicyclic) bond motifs is 1. The van der Waals surface area contributed by atoms with Crippen molar-refractivity contribution in [1.82, 2.24) is 14.6 Å². The number of hydrogen-bond acceptors (Lipinski definition) is 4. The van der Waals surface area contributed by atoms with Crippen molar-refractivity contribution < 1.29 is 4.79 Å². The lowest BCUT2D eigenvalue weighted by Gasteiger charge is -2.07. The highest BCUT2D eigenvalue weighted by molar-refractivity contribution is 5.90. The molecule has 6 nitrogen and oxygen atoms in total. The Labute approximate surface area is 150 Å². The van der Waals surface area contributed by atoms with Crippen LogP contribution in [0.4, 0.5) is 17.2 Å². The third-order valence-electron chi connectivity index (χ3n) is 3.91. The maximum atomic E-state index is 11.3. The summed E-state index contributed by atoms with van der Waals surface area (Å²) in [6.07, 6.45) is 3.65. The first-order chi connectivity index (χ1) is 12.7. The van der Waals surface area contributed by atoms with E-state index in [2.05, 4.69) is 15.7 Å². The quantitative estimate of drug-likeness (QED) is 0.585. The molecule has 1 amide bonds. The van der Waals surface area contributed by atoms with Crippen molar-refractivity contribution in [3.8, 4) is 11.1 Å². The van der Waals surface area contributed by atoms with Crippen molar-refractivity contribution in [2.75, 3.05) is 10.6 Å². The van der Waals surface area contributed by atoms with E-state index in [1.807, 2.05) is 66.9 Å². The zero-order valence-corrected chi connectivity index (χ0v) is 14.2. The van der Waals surface area contributed by atoms with Crippen LogP contribution < -0.4 is 10.6 Å². The Hall–Kier alpha value is -3.67. The molecular weight excluding hydrogens is 326 g/mol. The predicted octanol–water partition coefficient (Wildman–Crippen LogP) is 4.10. The van der Waals surface area contributed by atoms with Gasteiger partial charge in [-0.1, -0.05) is 30.3 Å². The molecule has 2 heterocycles. The van der Waals surface area contributed by atoms with Crippen LogP contribution in [0.25, 0.3) is 16.8 Å². The van der Waals surface area contributed by atoms with Crippen molar-refractivity contribution in [3.05, 3.63) is 73.1 Å². The molecule has 0 atom stereocenters. The van der Waals surface area contributed by atoms with Crippen LogP contribution in [0.1, 0.15) is 6.92 Å². The molecule has 4 aromatic rings. The molecule has 0 aliphatic rings. The number of hydrogen-bond donors (Lipinski definition) is 2. The third-order valence-corrected chi connectivity index (χ3v) is 3.91. The van der Waals surface area contributed by atoms with Crippen LogP contribution in [0, 0.1) is 0 Å². The first-order valence-electron chi connectivity index (χ1n) is 8.23. The summed E-state index contributed by atoms with van der Waals surface area (Å²) in [6.45, 7) is 1.49. The van der Waals surface area contributed by atoms with Crippen LogP contribution in [-0.2, 0) is 4.79 Å². The summed E-state index contributed by atoms with van der Waals surface area (Å²) in [5, 5.41) is 10.5. The fourth-order valence-corrected chi connectivity index (χ4v) is 2.78. The fraction of sp³-hybridized carbons (Fsp3) is 0.0500. The van der Waals surface area contributed by atoms with E-state index in [0.717, 1.165) is 34.0 Å². The van der Waals surface area contributed by atoms with Crippen molar-refractivity contribution in [2.45, 2.75) is 6.92 Å². The van der Waals surface area contributed by atoms with Gasteiger partial charge >= 0.3 is 0 Å². The molecule has 0 bridgehead atoms. The fourth-order valence-electron chi connectivity index (χ4n) is 2.78. The van der Waals surface area contributed by atoms with Crippen LogP contribution in [0.2, 0.25) is 0 Å². The summed E-state index contributed by atoms with van der Waals surface area (Å²) < 4.78 is 1.73. The highest BCUT2D eigenvalue weighted by Gasteiger charge is 2.10. The van der Waals surface area contributed by atoms with E-state index < -0.39 is 0 Å². The van der Waals surface area contributed by atoms with Gasteiger partial charge in [0.1, 0.15) is 5.82 Å². The average Bonchev–Trinajstić information content (AvgIpc) is 3.05. The third kappa shape index (κ3) is 3.25. The van der Waals surface area contributed by atoms with Gasteiger partial charge in [0.05, 0.1) is 6.20 Å². The molecule has 0 spiro atoms. The van der Waals surface area contributed by atoms with Gasteiger partial charge in [-0.3, -0.25) is 4.79 Å². The van der Waals surface area contributed by atoms with Gasteiger partial charge in [-0.05, 0) is 35.9 Å².